The maximum Gasteiger partial charge on any atom is 0.166 e. The van der Waals surface area contributed by atoms with Gasteiger partial charge in [-0.15, -0.1) is 0 Å². The van der Waals surface area contributed by atoms with Gasteiger partial charge in [-0.25, -0.2) is 0 Å². The van der Waals surface area contributed by atoms with E-state index in [0.29, 0.717) is 24.2 Å². The molecule has 0 aromatic rings. The number of hydrogen-bond acceptors (Lipinski definition) is 3. The lowest BCUT2D eigenvalue weighted by Crippen LogP contribution is -2.57. The van der Waals surface area contributed by atoms with Gasteiger partial charge in [-0.3, -0.25) is 9.59 Å². The number of ketones is 2. The second-order valence-corrected chi connectivity index (χ2v) is 9.50. The number of carbonyl (C=O) groups is 2. The van der Waals surface area contributed by atoms with E-state index in [2.05, 4.69) is 20.4 Å². The van der Waals surface area contributed by atoms with Crippen LogP contribution in [0.2, 0.25) is 0 Å². The van der Waals surface area contributed by atoms with E-state index in [9.17, 15) is 14.7 Å². The predicted octanol–water partition coefficient (Wildman–Crippen LogP) is 4.00. The number of rotatable bonds is 1. The van der Waals surface area contributed by atoms with Crippen molar-refractivity contribution in [3.8, 4) is 0 Å². The Bertz CT molecular complexity index is 704. The Balaban J connectivity index is 1.74. The van der Waals surface area contributed by atoms with Crippen LogP contribution in [0.15, 0.2) is 23.8 Å². The molecule has 3 saturated carbocycles. The van der Waals surface area contributed by atoms with Crippen molar-refractivity contribution in [2.75, 3.05) is 0 Å². The Hall–Kier alpha value is -1.22. The van der Waals surface area contributed by atoms with Crippen LogP contribution in [0.3, 0.4) is 0 Å². The van der Waals surface area contributed by atoms with Gasteiger partial charge in [0.1, 0.15) is 5.60 Å². The number of aliphatic hydroxyl groups is 1. The summed E-state index contributed by atoms with van der Waals surface area (Å²) in [6.45, 7) is 10.1. The van der Waals surface area contributed by atoms with Crippen LogP contribution in [0.1, 0.15) is 65.7 Å². The van der Waals surface area contributed by atoms with Crippen LogP contribution in [0.25, 0.3) is 0 Å². The van der Waals surface area contributed by atoms with Gasteiger partial charge in [-0.05, 0) is 80.3 Å². The van der Waals surface area contributed by atoms with Gasteiger partial charge in [-0.2, -0.15) is 0 Å². The molecule has 3 fully saturated rings. The molecule has 3 heteroatoms. The maximum absolute atomic E-state index is 12.4. The molecule has 3 nitrogen and oxygen atoms in total. The van der Waals surface area contributed by atoms with Crippen LogP contribution in [0.4, 0.5) is 0 Å². The van der Waals surface area contributed by atoms with Crippen molar-refractivity contribution >= 4 is 11.6 Å². The van der Waals surface area contributed by atoms with Crippen LogP contribution < -0.4 is 0 Å². The van der Waals surface area contributed by atoms with E-state index in [1.54, 1.807) is 0 Å². The first kappa shape index (κ1) is 17.2. The van der Waals surface area contributed by atoms with Gasteiger partial charge in [0.25, 0.3) is 0 Å². The van der Waals surface area contributed by atoms with Crippen molar-refractivity contribution in [1.29, 1.82) is 0 Å². The summed E-state index contributed by atoms with van der Waals surface area (Å²) >= 11 is 0. The fourth-order valence-corrected chi connectivity index (χ4v) is 7.17. The third-order valence-electron chi connectivity index (χ3n) is 8.67. The third kappa shape index (κ3) is 1.96. The Morgan fingerprint density at radius 3 is 2.60 bits per heavy atom. The second kappa shape index (κ2) is 5.16. The lowest BCUT2D eigenvalue weighted by Gasteiger charge is -2.58. The second-order valence-electron chi connectivity index (χ2n) is 9.50. The molecule has 0 aromatic heterocycles. The number of Topliss-reactive ketones (excluding diaryl/α,β-unsaturated/α-hetero) is 1. The standard InChI is InChI=1S/C22H30O3/c1-13-11-19-17-6-5-15-12-16(24)7-9-20(15,3)18(17)8-10-21(19,4)22(13,25)14(2)23/h12,17-19,25H,1,5-11H2,2-4H3. The zero-order chi connectivity index (χ0) is 18.2. The first-order valence-corrected chi connectivity index (χ1v) is 9.80. The lowest BCUT2D eigenvalue weighted by atomic mass is 9.46. The minimum atomic E-state index is -1.36. The predicted molar refractivity (Wildman–Crippen MR) is 96.9 cm³/mol. The molecule has 136 valence electrons. The molecule has 0 aromatic carbocycles. The Labute approximate surface area is 150 Å². The Morgan fingerprint density at radius 2 is 1.92 bits per heavy atom. The molecule has 0 radical (unpaired) electrons. The van der Waals surface area contributed by atoms with Crippen molar-refractivity contribution < 1.29 is 14.7 Å². The smallest absolute Gasteiger partial charge is 0.166 e. The topological polar surface area (TPSA) is 54.4 Å². The van der Waals surface area contributed by atoms with Gasteiger partial charge in [-0.1, -0.05) is 26.0 Å². The number of carbonyl (C=O) groups excluding carboxylic acids is 2. The molecular formula is C22H30O3. The van der Waals surface area contributed by atoms with Crippen LogP contribution in [0, 0.1) is 28.6 Å². The highest BCUT2D eigenvalue weighted by Crippen LogP contribution is 2.68. The average molecular weight is 342 g/mol. The van der Waals surface area contributed by atoms with Crippen LogP contribution in [-0.2, 0) is 9.59 Å². The summed E-state index contributed by atoms with van der Waals surface area (Å²) in [5.74, 6) is 1.53. The van der Waals surface area contributed by atoms with Crippen LogP contribution in [-0.4, -0.2) is 22.3 Å². The average Bonchev–Trinajstić information content (AvgIpc) is 2.77. The largest absolute Gasteiger partial charge is 0.377 e. The van der Waals surface area contributed by atoms with Gasteiger partial charge >= 0.3 is 0 Å². The Morgan fingerprint density at radius 1 is 1.20 bits per heavy atom. The summed E-state index contributed by atoms with van der Waals surface area (Å²) in [5.41, 5.74) is 0.448. The van der Waals surface area contributed by atoms with E-state index in [4.69, 9.17) is 0 Å². The molecule has 0 amide bonds. The SMILES string of the molecule is C=C1CC2C3CCC4=CC(=O)CCC4(C)C3CCC2(C)C1(O)C(C)=O. The molecule has 25 heavy (non-hydrogen) atoms. The highest BCUT2D eigenvalue weighted by atomic mass is 16.3. The van der Waals surface area contributed by atoms with Gasteiger partial charge in [0, 0.05) is 11.8 Å². The molecular weight excluding hydrogens is 312 g/mol. The molecule has 4 aliphatic rings. The van der Waals surface area contributed by atoms with Gasteiger partial charge in [0.2, 0.25) is 0 Å². The van der Waals surface area contributed by atoms with Gasteiger partial charge in [0.15, 0.2) is 11.6 Å². The molecule has 6 unspecified atom stereocenters. The summed E-state index contributed by atoms with van der Waals surface area (Å²) in [4.78, 5) is 24.3. The summed E-state index contributed by atoms with van der Waals surface area (Å²) in [7, 11) is 0. The molecule has 0 saturated heterocycles. The lowest BCUT2D eigenvalue weighted by molar-refractivity contribution is -0.154. The maximum atomic E-state index is 12.4. The highest BCUT2D eigenvalue weighted by molar-refractivity contribution is 5.92. The van der Waals surface area contributed by atoms with Crippen molar-refractivity contribution in [3.63, 3.8) is 0 Å². The fraction of sp³-hybridized carbons (Fsp3) is 0.727. The normalized spacial score (nSPS) is 49.1. The molecule has 0 aliphatic heterocycles. The fourth-order valence-electron chi connectivity index (χ4n) is 7.17. The third-order valence-corrected chi connectivity index (χ3v) is 8.67. The zero-order valence-corrected chi connectivity index (χ0v) is 15.7. The summed E-state index contributed by atoms with van der Waals surface area (Å²) in [5, 5.41) is 11.3. The van der Waals surface area contributed by atoms with Crippen molar-refractivity contribution in [1.82, 2.24) is 0 Å². The molecule has 6 atom stereocenters. The van der Waals surface area contributed by atoms with E-state index < -0.39 is 5.60 Å². The monoisotopic (exact) mass is 342 g/mol. The summed E-state index contributed by atoms with van der Waals surface area (Å²) in [6, 6.07) is 0. The van der Waals surface area contributed by atoms with Gasteiger partial charge in [0.05, 0.1) is 0 Å². The summed E-state index contributed by atoms with van der Waals surface area (Å²) in [6.07, 6.45) is 8.26. The minimum Gasteiger partial charge on any atom is -0.377 e. The summed E-state index contributed by atoms with van der Waals surface area (Å²) < 4.78 is 0. The number of hydrogen-bond donors (Lipinski definition) is 1. The zero-order valence-electron chi connectivity index (χ0n) is 15.7. The highest BCUT2D eigenvalue weighted by Gasteiger charge is 2.66. The van der Waals surface area contributed by atoms with Crippen LogP contribution in [0.5, 0.6) is 0 Å². The minimum absolute atomic E-state index is 0.121. The number of allylic oxidation sites excluding steroid dienone is 1. The molecule has 4 rings (SSSR count). The molecule has 1 N–H and O–H groups in total. The number of fused-ring (bicyclic) bond motifs is 5. The van der Waals surface area contributed by atoms with E-state index in [1.165, 1.54) is 12.5 Å². The molecule has 0 spiro atoms. The van der Waals surface area contributed by atoms with E-state index in [1.807, 2.05) is 6.08 Å². The first-order valence-electron chi connectivity index (χ1n) is 9.80. The Kier molecular flexibility index (Phi) is 3.55. The van der Waals surface area contributed by atoms with Crippen molar-refractivity contribution in [2.24, 2.45) is 28.6 Å². The molecule has 4 aliphatic carbocycles. The van der Waals surface area contributed by atoms with E-state index in [-0.39, 0.29) is 22.4 Å². The van der Waals surface area contributed by atoms with Crippen molar-refractivity contribution in [2.45, 2.75) is 71.3 Å². The van der Waals surface area contributed by atoms with E-state index >= 15 is 0 Å². The van der Waals surface area contributed by atoms with E-state index in [0.717, 1.165) is 44.1 Å². The van der Waals surface area contributed by atoms with Gasteiger partial charge < -0.3 is 5.11 Å². The van der Waals surface area contributed by atoms with Crippen LogP contribution >= 0.6 is 0 Å². The first-order chi connectivity index (χ1) is 11.6. The quantitative estimate of drug-likeness (QED) is 0.733. The molecule has 0 heterocycles. The van der Waals surface area contributed by atoms with Crippen molar-refractivity contribution in [3.05, 3.63) is 23.8 Å². The molecule has 0 bridgehead atoms.